The number of nitrogens with two attached hydrogens (primary N) is 1. The van der Waals surface area contributed by atoms with Gasteiger partial charge < -0.3 is 16.0 Å². The van der Waals surface area contributed by atoms with Gasteiger partial charge >= 0.3 is 0 Å². The van der Waals surface area contributed by atoms with E-state index in [1.54, 1.807) is 0 Å². The minimum Gasteiger partial charge on any atom is -0.368 e. The molecule has 0 amide bonds. The Bertz CT molecular complexity index is 420. The predicted octanol–water partition coefficient (Wildman–Crippen LogP) is 1.90. The van der Waals surface area contributed by atoms with Crippen molar-refractivity contribution in [2.75, 3.05) is 30.0 Å². The topological polar surface area (TPSA) is 80.0 Å². The van der Waals surface area contributed by atoms with E-state index in [9.17, 15) is 0 Å². The van der Waals surface area contributed by atoms with Crippen LogP contribution in [0, 0.1) is 5.92 Å². The molecule has 2 atom stereocenters. The van der Waals surface area contributed by atoms with Gasteiger partial charge in [-0.05, 0) is 18.8 Å². The van der Waals surface area contributed by atoms with Crippen LogP contribution in [-0.4, -0.2) is 35.1 Å². The molecule has 0 aromatic carbocycles. The molecule has 6 heteroatoms. The standard InChI is InChI=1S/C13H24N6/c1-4-9-6-5-7-10(8-9)15-12-16-11(14)17-13(18-12)19(2)3/h9-10H,4-8H2,1-3H3,(H3,14,15,16,17,18). The first-order chi connectivity index (χ1) is 9.08. The van der Waals surface area contributed by atoms with Gasteiger partial charge in [-0.2, -0.15) is 15.0 Å². The Labute approximate surface area is 114 Å². The van der Waals surface area contributed by atoms with E-state index in [1.165, 1.54) is 32.1 Å². The van der Waals surface area contributed by atoms with Crippen molar-refractivity contribution in [2.24, 2.45) is 5.92 Å². The Morgan fingerprint density at radius 1 is 1.26 bits per heavy atom. The average Bonchev–Trinajstić information content (AvgIpc) is 2.38. The van der Waals surface area contributed by atoms with Crippen LogP contribution in [-0.2, 0) is 0 Å². The Morgan fingerprint density at radius 2 is 2.05 bits per heavy atom. The first kappa shape index (κ1) is 13.8. The number of aromatic nitrogens is 3. The van der Waals surface area contributed by atoms with Crippen LogP contribution in [0.2, 0.25) is 0 Å². The highest BCUT2D eigenvalue weighted by Crippen LogP contribution is 2.28. The first-order valence-corrected chi connectivity index (χ1v) is 7.04. The van der Waals surface area contributed by atoms with E-state index in [-0.39, 0.29) is 5.95 Å². The highest BCUT2D eigenvalue weighted by atomic mass is 15.3. The maximum atomic E-state index is 5.73. The highest BCUT2D eigenvalue weighted by Gasteiger charge is 2.21. The smallest absolute Gasteiger partial charge is 0.231 e. The quantitative estimate of drug-likeness (QED) is 0.864. The number of nitrogens with zero attached hydrogens (tertiary/aromatic N) is 4. The van der Waals surface area contributed by atoms with Crippen LogP contribution in [0.25, 0.3) is 0 Å². The highest BCUT2D eigenvalue weighted by molar-refractivity contribution is 5.41. The second-order valence-corrected chi connectivity index (χ2v) is 5.49. The maximum absolute atomic E-state index is 5.73. The molecule has 0 aliphatic heterocycles. The fraction of sp³-hybridized carbons (Fsp3) is 0.769. The van der Waals surface area contributed by atoms with Crippen molar-refractivity contribution in [1.29, 1.82) is 0 Å². The summed E-state index contributed by atoms with van der Waals surface area (Å²) in [5.41, 5.74) is 5.73. The summed E-state index contributed by atoms with van der Waals surface area (Å²) in [6.45, 7) is 2.26. The molecule has 2 rings (SSSR count). The Morgan fingerprint density at radius 3 is 2.74 bits per heavy atom. The van der Waals surface area contributed by atoms with Crippen LogP contribution in [0.3, 0.4) is 0 Å². The molecule has 106 valence electrons. The fourth-order valence-electron chi connectivity index (χ4n) is 2.62. The molecule has 1 aliphatic carbocycles. The summed E-state index contributed by atoms with van der Waals surface area (Å²) in [5.74, 6) is 2.28. The fourth-order valence-corrected chi connectivity index (χ4v) is 2.62. The minimum atomic E-state index is 0.268. The summed E-state index contributed by atoms with van der Waals surface area (Å²) in [4.78, 5) is 14.5. The van der Waals surface area contributed by atoms with E-state index in [4.69, 9.17) is 5.73 Å². The van der Waals surface area contributed by atoms with Gasteiger partial charge in [-0.3, -0.25) is 0 Å². The molecule has 1 saturated carbocycles. The lowest BCUT2D eigenvalue weighted by molar-refractivity contribution is 0.326. The molecule has 3 N–H and O–H groups in total. The van der Waals surface area contributed by atoms with E-state index in [1.807, 2.05) is 19.0 Å². The lowest BCUT2D eigenvalue weighted by Crippen LogP contribution is -2.28. The number of nitrogens with one attached hydrogen (secondary N) is 1. The van der Waals surface area contributed by atoms with E-state index in [2.05, 4.69) is 27.2 Å². The summed E-state index contributed by atoms with van der Waals surface area (Å²) >= 11 is 0. The van der Waals surface area contributed by atoms with Crippen molar-refractivity contribution in [3.8, 4) is 0 Å². The van der Waals surface area contributed by atoms with Crippen LogP contribution in [0.5, 0.6) is 0 Å². The summed E-state index contributed by atoms with van der Waals surface area (Å²) in [6.07, 6.45) is 6.24. The monoisotopic (exact) mass is 264 g/mol. The maximum Gasteiger partial charge on any atom is 0.231 e. The van der Waals surface area contributed by atoms with Gasteiger partial charge in [0.2, 0.25) is 17.8 Å². The molecular formula is C13H24N6. The molecule has 1 aromatic rings. The molecule has 1 fully saturated rings. The average molecular weight is 264 g/mol. The third-order valence-electron chi connectivity index (χ3n) is 3.73. The summed E-state index contributed by atoms with van der Waals surface area (Å²) in [6, 6.07) is 0.454. The molecule has 0 radical (unpaired) electrons. The molecule has 1 aromatic heterocycles. The number of nitrogen functional groups attached to an aromatic ring is 1. The van der Waals surface area contributed by atoms with Crippen molar-refractivity contribution < 1.29 is 0 Å². The van der Waals surface area contributed by atoms with E-state index in [0.717, 1.165) is 5.92 Å². The zero-order valence-electron chi connectivity index (χ0n) is 12.1. The van der Waals surface area contributed by atoms with Crippen LogP contribution < -0.4 is 16.0 Å². The Kier molecular flexibility index (Phi) is 4.39. The Hall–Kier alpha value is -1.59. The summed E-state index contributed by atoms with van der Waals surface area (Å²) < 4.78 is 0. The van der Waals surface area contributed by atoms with Gasteiger partial charge in [0.25, 0.3) is 0 Å². The number of hydrogen-bond acceptors (Lipinski definition) is 6. The predicted molar refractivity (Wildman–Crippen MR) is 78.2 cm³/mol. The van der Waals surface area contributed by atoms with Crippen LogP contribution >= 0.6 is 0 Å². The van der Waals surface area contributed by atoms with Gasteiger partial charge in [0, 0.05) is 20.1 Å². The lowest BCUT2D eigenvalue weighted by Gasteiger charge is -2.29. The van der Waals surface area contributed by atoms with Gasteiger partial charge in [0.15, 0.2) is 0 Å². The number of anilines is 3. The molecule has 1 heterocycles. The number of hydrogen-bond donors (Lipinski definition) is 2. The van der Waals surface area contributed by atoms with E-state index < -0.39 is 0 Å². The van der Waals surface area contributed by atoms with Gasteiger partial charge in [-0.15, -0.1) is 0 Å². The molecule has 6 nitrogen and oxygen atoms in total. The summed E-state index contributed by atoms with van der Waals surface area (Å²) in [5, 5.41) is 3.41. The Balaban J connectivity index is 2.06. The molecule has 0 bridgehead atoms. The largest absolute Gasteiger partial charge is 0.368 e. The third-order valence-corrected chi connectivity index (χ3v) is 3.73. The third kappa shape index (κ3) is 3.68. The lowest BCUT2D eigenvalue weighted by atomic mass is 9.84. The van der Waals surface area contributed by atoms with Crippen LogP contribution in [0.4, 0.5) is 17.8 Å². The molecule has 0 saturated heterocycles. The van der Waals surface area contributed by atoms with Crippen molar-refractivity contribution in [1.82, 2.24) is 15.0 Å². The van der Waals surface area contributed by atoms with Crippen LogP contribution in [0.1, 0.15) is 39.0 Å². The van der Waals surface area contributed by atoms with Gasteiger partial charge in [-0.1, -0.05) is 26.2 Å². The molecular weight excluding hydrogens is 240 g/mol. The second-order valence-electron chi connectivity index (χ2n) is 5.49. The van der Waals surface area contributed by atoms with Crippen molar-refractivity contribution >= 4 is 17.8 Å². The molecule has 1 aliphatic rings. The zero-order valence-corrected chi connectivity index (χ0v) is 12.1. The van der Waals surface area contributed by atoms with Crippen molar-refractivity contribution in [3.63, 3.8) is 0 Å². The molecule has 19 heavy (non-hydrogen) atoms. The van der Waals surface area contributed by atoms with E-state index >= 15 is 0 Å². The van der Waals surface area contributed by atoms with E-state index in [0.29, 0.717) is 17.9 Å². The molecule has 0 spiro atoms. The van der Waals surface area contributed by atoms with Gasteiger partial charge in [-0.25, -0.2) is 0 Å². The van der Waals surface area contributed by atoms with Crippen molar-refractivity contribution in [3.05, 3.63) is 0 Å². The second kappa shape index (κ2) is 6.04. The minimum absolute atomic E-state index is 0.268. The van der Waals surface area contributed by atoms with Gasteiger partial charge in [0.1, 0.15) is 0 Å². The zero-order chi connectivity index (χ0) is 13.8. The van der Waals surface area contributed by atoms with Crippen LogP contribution in [0.15, 0.2) is 0 Å². The van der Waals surface area contributed by atoms with Gasteiger partial charge in [0.05, 0.1) is 0 Å². The van der Waals surface area contributed by atoms with Crippen molar-refractivity contribution in [2.45, 2.75) is 45.1 Å². The SMILES string of the molecule is CCC1CCCC(Nc2nc(N)nc(N(C)C)n2)C1. The number of rotatable bonds is 4. The first-order valence-electron chi connectivity index (χ1n) is 7.04. The summed E-state index contributed by atoms with van der Waals surface area (Å²) in [7, 11) is 3.79. The molecule has 2 unspecified atom stereocenters. The normalized spacial score (nSPS) is 23.1.